The lowest BCUT2D eigenvalue weighted by molar-refractivity contribution is -0.125. The predicted octanol–water partition coefficient (Wildman–Crippen LogP) is 3.99. The normalized spacial score (nSPS) is 11.4. The van der Waals surface area contributed by atoms with E-state index in [2.05, 4.69) is 25.9 Å². The van der Waals surface area contributed by atoms with Gasteiger partial charge in [-0.15, -0.1) is 0 Å². The van der Waals surface area contributed by atoms with Crippen LogP contribution in [-0.4, -0.2) is 20.9 Å². The van der Waals surface area contributed by atoms with Gasteiger partial charge >= 0.3 is 0 Å². The fraction of sp³-hybridized carbons (Fsp3) is 0.389. The molecule has 0 radical (unpaired) electrons. The van der Waals surface area contributed by atoms with Crippen LogP contribution in [0.1, 0.15) is 37.6 Å². The third-order valence-electron chi connectivity index (χ3n) is 3.68. The van der Waals surface area contributed by atoms with Crippen molar-refractivity contribution in [2.75, 3.05) is 0 Å². The zero-order valence-electron chi connectivity index (χ0n) is 14.3. The van der Waals surface area contributed by atoms with E-state index in [4.69, 9.17) is 4.74 Å². The van der Waals surface area contributed by atoms with Gasteiger partial charge in [-0.1, -0.05) is 26.8 Å². The van der Waals surface area contributed by atoms with Crippen molar-refractivity contribution in [3.63, 3.8) is 0 Å². The summed E-state index contributed by atoms with van der Waals surface area (Å²) in [4.78, 5) is 20.4. The number of Topliss-reactive ketones (excluding diaryl/α,β-unsaturated/α-hetero) is 1. The number of hydrogen-bond acceptors (Lipinski definition) is 5. The van der Waals surface area contributed by atoms with Gasteiger partial charge in [-0.2, -0.15) is 0 Å². The van der Waals surface area contributed by atoms with E-state index in [0.29, 0.717) is 27.2 Å². The zero-order chi connectivity index (χ0) is 17.9. The van der Waals surface area contributed by atoms with Crippen LogP contribution in [0.2, 0.25) is 0 Å². The van der Waals surface area contributed by atoms with Crippen LogP contribution in [0.3, 0.4) is 0 Å². The molecule has 5 nitrogen and oxygen atoms in total. The summed E-state index contributed by atoms with van der Waals surface area (Å²) in [7, 11) is 0. The number of hydrogen-bond donors (Lipinski definition) is 1. The topological polar surface area (TPSA) is 72.3 Å². The van der Waals surface area contributed by atoms with Crippen molar-refractivity contribution >= 4 is 21.7 Å². The fourth-order valence-electron chi connectivity index (χ4n) is 2.08. The molecule has 0 saturated heterocycles. The summed E-state index contributed by atoms with van der Waals surface area (Å²) in [6.45, 7) is 7.62. The lowest BCUT2D eigenvalue weighted by Crippen LogP contribution is -2.22. The molecule has 0 spiro atoms. The van der Waals surface area contributed by atoms with E-state index in [9.17, 15) is 9.90 Å². The van der Waals surface area contributed by atoms with Crippen molar-refractivity contribution in [1.29, 1.82) is 0 Å². The van der Waals surface area contributed by atoms with Crippen LogP contribution in [0, 0.1) is 12.3 Å². The van der Waals surface area contributed by atoms with Gasteiger partial charge in [-0.3, -0.25) is 9.78 Å². The highest BCUT2D eigenvalue weighted by Crippen LogP contribution is 2.32. The third-order valence-corrected chi connectivity index (χ3v) is 4.07. The number of phenols is 1. The van der Waals surface area contributed by atoms with Crippen LogP contribution in [0.5, 0.6) is 11.5 Å². The summed E-state index contributed by atoms with van der Waals surface area (Å²) >= 11 is 3.26. The molecular weight excluding hydrogens is 372 g/mol. The van der Waals surface area contributed by atoms with Gasteiger partial charge in [-0.05, 0) is 28.9 Å². The first-order valence-electron chi connectivity index (χ1n) is 7.62. The fourth-order valence-corrected chi connectivity index (χ4v) is 2.42. The smallest absolute Gasteiger partial charge is 0.142 e. The van der Waals surface area contributed by atoms with E-state index < -0.39 is 5.41 Å². The molecule has 1 aromatic heterocycles. The van der Waals surface area contributed by atoms with Crippen molar-refractivity contribution in [3.05, 3.63) is 46.0 Å². The van der Waals surface area contributed by atoms with Crippen molar-refractivity contribution in [1.82, 2.24) is 9.97 Å². The number of carbonyl (C=O) groups excluding carboxylic acids is 1. The van der Waals surface area contributed by atoms with E-state index in [1.165, 1.54) is 0 Å². The largest absolute Gasteiger partial charge is 0.507 e. The number of aromatic hydroxyl groups is 1. The van der Waals surface area contributed by atoms with Crippen molar-refractivity contribution in [3.8, 4) is 11.5 Å². The molecule has 24 heavy (non-hydrogen) atoms. The molecule has 2 rings (SSSR count). The Hall–Kier alpha value is -1.95. The lowest BCUT2D eigenvalue weighted by atomic mass is 9.86. The molecule has 0 atom stereocenters. The molecule has 1 aromatic carbocycles. The molecule has 2 aromatic rings. The Labute approximate surface area is 150 Å². The SMILES string of the molecule is Cc1c(OCc2cncc(Br)n2)ccc(CC(=O)C(C)(C)C)c1O. The quantitative estimate of drug-likeness (QED) is 0.832. The lowest BCUT2D eigenvalue weighted by Gasteiger charge is -2.18. The molecule has 1 N–H and O–H groups in total. The van der Waals surface area contributed by atoms with Crippen LogP contribution in [0.25, 0.3) is 0 Å². The number of phenolic OH excluding ortho intramolecular Hbond substituents is 1. The summed E-state index contributed by atoms with van der Waals surface area (Å²) in [5.74, 6) is 0.738. The molecule has 1 heterocycles. The van der Waals surface area contributed by atoms with Gasteiger partial charge in [0.25, 0.3) is 0 Å². The Morgan fingerprint density at radius 3 is 2.62 bits per heavy atom. The molecule has 0 bridgehead atoms. The number of ketones is 1. The highest BCUT2D eigenvalue weighted by molar-refractivity contribution is 9.10. The standard InChI is InChI=1S/C18H21BrN2O3/c1-11-14(24-10-13-8-20-9-16(19)21-13)6-5-12(17(11)23)7-15(22)18(2,3)4/h5-6,8-9,23H,7,10H2,1-4H3. The molecule has 128 valence electrons. The van der Waals surface area contributed by atoms with Gasteiger partial charge in [0, 0.05) is 23.0 Å². The number of aromatic nitrogens is 2. The van der Waals surface area contributed by atoms with Gasteiger partial charge in [0.2, 0.25) is 0 Å². The summed E-state index contributed by atoms with van der Waals surface area (Å²) in [5, 5.41) is 10.4. The molecule has 0 aliphatic rings. The maximum atomic E-state index is 12.2. The molecule has 0 fully saturated rings. The minimum atomic E-state index is -0.436. The zero-order valence-corrected chi connectivity index (χ0v) is 15.8. The Bertz CT molecular complexity index is 754. The predicted molar refractivity (Wildman–Crippen MR) is 95.1 cm³/mol. The highest BCUT2D eigenvalue weighted by Gasteiger charge is 2.23. The van der Waals surface area contributed by atoms with Gasteiger partial charge in [0.05, 0.1) is 18.1 Å². The maximum absolute atomic E-state index is 12.2. The number of halogens is 1. The number of ether oxygens (including phenoxy) is 1. The average Bonchev–Trinajstić information content (AvgIpc) is 2.50. The Kier molecular flexibility index (Phi) is 5.59. The van der Waals surface area contributed by atoms with Crippen molar-refractivity contribution < 1.29 is 14.6 Å². The van der Waals surface area contributed by atoms with Gasteiger partial charge in [-0.25, -0.2) is 4.98 Å². The molecule has 0 aliphatic heterocycles. The third kappa shape index (κ3) is 4.54. The molecule has 0 aliphatic carbocycles. The minimum absolute atomic E-state index is 0.0790. The number of carbonyl (C=O) groups is 1. The van der Waals surface area contributed by atoms with Crippen molar-refractivity contribution in [2.45, 2.75) is 40.7 Å². The molecule has 6 heteroatoms. The van der Waals surface area contributed by atoms with Crippen molar-refractivity contribution in [2.24, 2.45) is 5.41 Å². The van der Waals surface area contributed by atoms with E-state index in [-0.39, 0.29) is 24.6 Å². The summed E-state index contributed by atoms with van der Waals surface area (Å²) in [6, 6.07) is 3.50. The van der Waals surface area contributed by atoms with Gasteiger partial charge in [0.15, 0.2) is 0 Å². The first-order valence-corrected chi connectivity index (χ1v) is 8.41. The second-order valence-electron chi connectivity index (χ2n) is 6.67. The molecular formula is C18H21BrN2O3. The Morgan fingerprint density at radius 2 is 2.00 bits per heavy atom. The van der Waals surface area contributed by atoms with Gasteiger partial charge < -0.3 is 9.84 Å². The first-order chi connectivity index (χ1) is 11.2. The van der Waals surface area contributed by atoms with Crippen LogP contribution < -0.4 is 4.74 Å². The number of benzene rings is 1. The van der Waals surface area contributed by atoms with E-state index in [0.717, 1.165) is 0 Å². The second-order valence-corrected chi connectivity index (χ2v) is 7.48. The summed E-state index contributed by atoms with van der Waals surface area (Å²) in [5.41, 5.74) is 1.46. The number of nitrogens with zero attached hydrogens (tertiary/aromatic N) is 2. The van der Waals surface area contributed by atoms with E-state index in [1.54, 1.807) is 31.5 Å². The van der Waals surface area contributed by atoms with Gasteiger partial charge in [0.1, 0.15) is 28.5 Å². The maximum Gasteiger partial charge on any atom is 0.142 e. The summed E-state index contributed by atoms with van der Waals surface area (Å²) in [6.07, 6.45) is 3.42. The molecule has 0 unspecified atom stereocenters. The first kappa shape index (κ1) is 18.4. The molecule has 0 saturated carbocycles. The van der Waals surface area contributed by atoms with Crippen LogP contribution >= 0.6 is 15.9 Å². The van der Waals surface area contributed by atoms with Crippen LogP contribution in [0.4, 0.5) is 0 Å². The number of rotatable bonds is 5. The Morgan fingerprint density at radius 1 is 1.29 bits per heavy atom. The van der Waals surface area contributed by atoms with E-state index >= 15 is 0 Å². The summed E-state index contributed by atoms with van der Waals surface area (Å²) < 4.78 is 6.36. The minimum Gasteiger partial charge on any atom is -0.507 e. The van der Waals surface area contributed by atoms with Crippen LogP contribution in [0.15, 0.2) is 29.1 Å². The highest BCUT2D eigenvalue weighted by atomic mass is 79.9. The monoisotopic (exact) mass is 392 g/mol. The Balaban J connectivity index is 2.13. The molecule has 0 amide bonds. The van der Waals surface area contributed by atoms with Crippen LogP contribution in [-0.2, 0) is 17.8 Å². The average molecular weight is 393 g/mol. The second kappa shape index (κ2) is 7.30. The van der Waals surface area contributed by atoms with E-state index in [1.807, 2.05) is 20.8 Å².